The maximum Gasteiger partial charge on any atom is 0.306 e. The summed E-state index contributed by atoms with van der Waals surface area (Å²) >= 11 is 1.69. The summed E-state index contributed by atoms with van der Waals surface area (Å²) in [5.41, 5.74) is 0. The number of rotatable bonds is 6. The van der Waals surface area contributed by atoms with Crippen LogP contribution in [-0.4, -0.2) is 35.3 Å². The highest BCUT2D eigenvalue weighted by molar-refractivity contribution is 7.99. The molecule has 0 rings (SSSR count). The molecule has 0 amide bonds. The second-order valence-corrected chi connectivity index (χ2v) is 4.65. The Balaban J connectivity index is 3.40. The molecule has 0 aliphatic heterocycles. The van der Waals surface area contributed by atoms with E-state index in [0.29, 0.717) is 6.42 Å². The van der Waals surface area contributed by atoms with E-state index in [-0.39, 0.29) is 17.3 Å². The van der Waals surface area contributed by atoms with E-state index in [1.54, 1.807) is 18.7 Å². The Kier molecular flexibility index (Phi) is 7.09. The number of aliphatic hydroxyl groups excluding tert-OH is 1. The largest absolute Gasteiger partial charge is 0.469 e. The summed E-state index contributed by atoms with van der Waals surface area (Å²) < 4.78 is 4.55. The van der Waals surface area contributed by atoms with Gasteiger partial charge in [-0.05, 0) is 19.1 Å². The normalized spacial score (nSPS) is 15.1. The highest BCUT2D eigenvalue weighted by Gasteiger charge is 2.09. The highest BCUT2D eigenvalue weighted by Crippen LogP contribution is 2.16. The second kappa shape index (κ2) is 7.21. The molecule has 0 aliphatic carbocycles. The van der Waals surface area contributed by atoms with Crippen molar-refractivity contribution < 1.29 is 14.6 Å². The lowest BCUT2D eigenvalue weighted by atomic mass is 10.3. The number of thioether (sulfide) groups is 1. The van der Waals surface area contributed by atoms with Crippen LogP contribution in [0, 0.1) is 0 Å². The third kappa shape index (κ3) is 8.12. The molecular formula is C9H18O3S. The van der Waals surface area contributed by atoms with E-state index in [1.807, 2.05) is 6.92 Å². The molecule has 0 bridgehead atoms. The Bertz CT molecular complexity index is 148. The number of hydrogen-bond acceptors (Lipinski definition) is 4. The minimum atomic E-state index is -0.252. The van der Waals surface area contributed by atoms with Gasteiger partial charge in [-0.25, -0.2) is 0 Å². The Morgan fingerprint density at radius 3 is 2.62 bits per heavy atom. The van der Waals surface area contributed by atoms with Crippen LogP contribution in [-0.2, 0) is 9.53 Å². The molecule has 0 heterocycles. The van der Waals surface area contributed by atoms with Crippen LogP contribution in [0.5, 0.6) is 0 Å². The summed E-state index contributed by atoms with van der Waals surface area (Å²) in [6, 6.07) is 0. The predicted octanol–water partition coefficient (Wildman–Crippen LogP) is 1.44. The molecule has 0 spiro atoms. The zero-order valence-corrected chi connectivity index (χ0v) is 9.26. The summed E-state index contributed by atoms with van der Waals surface area (Å²) in [7, 11) is 1.40. The van der Waals surface area contributed by atoms with Gasteiger partial charge in [0.05, 0.1) is 19.6 Å². The number of methoxy groups -OCH3 is 1. The van der Waals surface area contributed by atoms with E-state index in [0.717, 1.165) is 12.2 Å². The number of carbonyl (C=O) groups excluding carboxylic acids is 1. The first-order chi connectivity index (χ1) is 6.06. The number of aliphatic hydroxyl groups is 1. The molecule has 0 saturated carbocycles. The van der Waals surface area contributed by atoms with Gasteiger partial charge in [0, 0.05) is 5.25 Å². The maximum atomic E-state index is 10.8. The molecule has 0 aromatic rings. The Hall–Kier alpha value is -0.220. The lowest BCUT2D eigenvalue weighted by molar-refractivity contribution is -0.140. The zero-order chi connectivity index (χ0) is 10.3. The molecule has 4 heteroatoms. The fourth-order valence-electron chi connectivity index (χ4n) is 0.817. The van der Waals surface area contributed by atoms with Gasteiger partial charge in [-0.3, -0.25) is 4.79 Å². The van der Waals surface area contributed by atoms with Gasteiger partial charge in [-0.2, -0.15) is 11.8 Å². The van der Waals surface area contributed by atoms with Crippen molar-refractivity contribution >= 4 is 17.7 Å². The van der Waals surface area contributed by atoms with Crippen LogP contribution in [0.3, 0.4) is 0 Å². The highest BCUT2D eigenvalue weighted by atomic mass is 32.2. The summed E-state index contributed by atoms with van der Waals surface area (Å²) in [4.78, 5) is 10.8. The van der Waals surface area contributed by atoms with Crippen LogP contribution in [0.15, 0.2) is 0 Å². The van der Waals surface area contributed by atoms with Crippen LogP contribution >= 0.6 is 11.8 Å². The molecule has 0 fully saturated rings. The van der Waals surface area contributed by atoms with Crippen molar-refractivity contribution in [2.24, 2.45) is 0 Å². The third-order valence-electron chi connectivity index (χ3n) is 1.62. The van der Waals surface area contributed by atoms with Crippen molar-refractivity contribution in [1.82, 2.24) is 0 Å². The van der Waals surface area contributed by atoms with E-state index in [9.17, 15) is 4.79 Å². The Labute approximate surface area is 83.9 Å². The number of hydrogen-bond donors (Lipinski definition) is 1. The summed E-state index contributed by atoms with van der Waals surface area (Å²) in [5, 5.41) is 9.26. The first kappa shape index (κ1) is 12.8. The van der Waals surface area contributed by atoms with Crippen molar-refractivity contribution in [3.63, 3.8) is 0 Å². The standard InChI is InChI=1S/C9H18O3S/c1-7(10)4-5-13-8(2)6-9(11)12-3/h7-8,10H,4-6H2,1-3H3. The van der Waals surface area contributed by atoms with Crippen molar-refractivity contribution in [3.05, 3.63) is 0 Å². The minimum Gasteiger partial charge on any atom is -0.469 e. The van der Waals surface area contributed by atoms with Gasteiger partial charge in [-0.15, -0.1) is 0 Å². The van der Waals surface area contributed by atoms with Gasteiger partial charge >= 0.3 is 5.97 Å². The average molecular weight is 206 g/mol. The Morgan fingerprint density at radius 1 is 1.54 bits per heavy atom. The van der Waals surface area contributed by atoms with Gasteiger partial charge < -0.3 is 9.84 Å². The molecule has 0 aliphatic rings. The van der Waals surface area contributed by atoms with Crippen molar-refractivity contribution in [2.45, 2.75) is 38.0 Å². The fraction of sp³-hybridized carbons (Fsp3) is 0.889. The summed E-state index contributed by atoms with van der Waals surface area (Å²) in [6.07, 6.45) is 0.967. The second-order valence-electron chi connectivity index (χ2n) is 3.10. The molecule has 0 aromatic carbocycles. The van der Waals surface area contributed by atoms with E-state index in [4.69, 9.17) is 5.11 Å². The van der Waals surface area contributed by atoms with Crippen LogP contribution in [0.4, 0.5) is 0 Å². The first-order valence-electron chi connectivity index (χ1n) is 4.42. The third-order valence-corrected chi connectivity index (χ3v) is 2.83. The van der Waals surface area contributed by atoms with Crippen molar-refractivity contribution in [1.29, 1.82) is 0 Å². The first-order valence-corrected chi connectivity index (χ1v) is 5.47. The van der Waals surface area contributed by atoms with Crippen LogP contribution < -0.4 is 0 Å². The van der Waals surface area contributed by atoms with Crippen LogP contribution in [0.1, 0.15) is 26.7 Å². The number of esters is 1. The summed E-state index contributed by atoms with van der Waals surface area (Å²) in [6.45, 7) is 3.76. The van der Waals surface area contributed by atoms with E-state index in [1.165, 1.54) is 7.11 Å². The van der Waals surface area contributed by atoms with Crippen LogP contribution in [0.25, 0.3) is 0 Å². The molecule has 13 heavy (non-hydrogen) atoms. The van der Waals surface area contributed by atoms with Gasteiger partial charge in [0.1, 0.15) is 0 Å². The predicted molar refractivity (Wildman–Crippen MR) is 54.9 cm³/mol. The molecule has 0 aromatic heterocycles. The molecule has 78 valence electrons. The number of ether oxygens (including phenoxy) is 1. The van der Waals surface area contributed by atoms with Crippen LogP contribution in [0.2, 0.25) is 0 Å². The molecule has 2 atom stereocenters. The smallest absolute Gasteiger partial charge is 0.306 e. The fourth-order valence-corrected chi connectivity index (χ4v) is 1.95. The topological polar surface area (TPSA) is 46.5 Å². The van der Waals surface area contributed by atoms with Gasteiger partial charge in [0.25, 0.3) is 0 Å². The van der Waals surface area contributed by atoms with Gasteiger partial charge in [-0.1, -0.05) is 6.92 Å². The molecule has 0 saturated heterocycles. The molecule has 3 nitrogen and oxygen atoms in total. The zero-order valence-electron chi connectivity index (χ0n) is 8.45. The van der Waals surface area contributed by atoms with Crippen molar-refractivity contribution in [3.8, 4) is 0 Å². The maximum absolute atomic E-state index is 10.8. The Morgan fingerprint density at radius 2 is 2.15 bits per heavy atom. The SMILES string of the molecule is COC(=O)CC(C)SCCC(C)O. The van der Waals surface area contributed by atoms with E-state index in [2.05, 4.69) is 4.74 Å². The van der Waals surface area contributed by atoms with Gasteiger partial charge in [0.15, 0.2) is 0 Å². The molecular weight excluding hydrogens is 188 g/mol. The van der Waals surface area contributed by atoms with Gasteiger partial charge in [0.2, 0.25) is 0 Å². The summed E-state index contributed by atoms with van der Waals surface area (Å²) in [5.74, 6) is 0.715. The van der Waals surface area contributed by atoms with E-state index >= 15 is 0 Å². The van der Waals surface area contributed by atoms with Crippen molar-refractivity contribution in [2.75, 3.05) is 12.9 Å². The monoisotopic (exact) mass is 206 g/mol. The quantitative estimate of drug-likeness (QED) is 0.668. The molecule has 1 N–H and O–H groups in total. The molecule has 0 radical (unpaired) electrons. The van der Waals surface area contributed by atoms with E-state index < -0.39 is 0 Å². The lowest BCUT2D eigenvalue weighted by Crippen LogP contribution is -2.10. The molecule has 2 unspecified atom stereocenters. The average Bonchev–Trinajstić information content (AvgIpc) is 2.03. The lowest BCUT2D eigenvalue weighted by Gasteiger charge is -2.10. The minimum absolute atomic E-state index is 0.169. The number of carbonyl (C=O) groups is 1.